The number of hydrogen-bond acceptors (Lipinski definition) is 6. The molecule has 3 aromatic rings. The monoisotopic (exact) mass is 394 g/mol. The Balaban J connectivity index is 1.62. The first-order valence-electron chi connectivity index (χ1n) is 8.67. The Hall–Kier alpha value is -4.08. The van der Waals surface area contributed by atoms with Crippen molar-refractivity contribution in [1.82, 2.24) is 19.9 Å². The van der Waals surface area contributed by atoms with Crippen molar-refractivity contribution in [2.45, 2.75) is 19.9 Å². The minimum atomic E-state index is -0.864. The normalized spacial score (nSPS) is 11.5. The van der Waals surface area contributed by atoms with Crippen LogP contribution in [0, 0.1) is 17.0 Å². The van der Waals surface area contributed by atoms with E-state index in [9.17, 15) is 19.7 Å². The number of aryl methyl sites for hydroxylation is 1. The SMILES string of the molecule is Cc1nccn1-c1ccc(NC(=O)C(C)NC(=O)c2cccc([N+](=O)[O-])c2)cn1. The Morgan fingerprint density at radius 1 is 1.21 bits per heavy atom. The zero-order chi connectivity index (χ0) is 21.0. The maximum atomic E-state index is 12.3. The van der Waals surface area contributed by atoms with Gasteiger partial charge in [-0.15, -0.1) is 0 Å². The second-order valence-corrected chi connectivity index (χ2v) is 6.24. The Bertz CT molecular complexity index is 1060. The van der Waals surface area contributed by atoms with E-state index in [1.54, 1.807) is 29.1 Å². The molecule has 29 heavy (non-hydrogen) atoms. The van der Waals surface area contributed by atoms with Crippen LogP contribution in [0.4, 0.5) is 11.4 Å². The minimum absolute atomic E-state index is 0.0978. The number of nitro benzene ring substituents is 1. The van der Waals surface area contributed by atoms with E-state index >= 15 is 0 Å². The fourth-order valence-electron chi connectivity index (χ4n) is 2.58. The highest BCUT2D eigenvalue weighted by Crippen LogP contribution is 2.14. The molecule has 2 amide bonds. The molecule has 1 unspecified atom stereocenters. The smallest absolute Gasteiger partial charge is 0.270 e. The van der Waals surface area contributed by atoms with Gasteiger partial charge in [0.2, 0.25) is 5.91 Å². The number of carbonyl (C=O) groups excluding carboxylic acids is 2. The number of aromatic nitrogens is 3. The lowest BCUT2D eigenvalue weighted by Gasteiger charge is -2.14. The summed E-state index contributed by atoms with van der Waals surface area (Å²) in [5.74, 6) is 0.411. The van der Waals surface area contributed by atoms with E-state index in [1.165, 1.54) is 31.3 Å². The number of carbonyl (C=O) groups is 2. The lowest BCUT2D eigenvalue weighted by molar-refractivity contribution is -0.384. The molecule has 3 rings (SSSR count). The molecule has 148 valence electrons. The van der Waals surface area contributed by atoms with E-state index in [1.807, 2.05) is 6.92 Å². The lowest BCUT2D eigenvalue weighted by atomic mass is 10.1. The molecule has 10 nitrogen and oxygen atoms in total. The molecule has 1 atom stereocenters. The highest BCUT2D eigenvalue weighted by molar-refractivity contribution is 6.01. The zero-order valence-electron chi connectivity index (χ0n) is 15.7. The fourth-order valence-corrected chi connectivity index (χ4v) is 2.58. The molecule has 0 aliphatic rings. The van der Waals surface area contributed by atoms with Crippen molar-refractivity contribution in [3.63, 3.8) is 0 Å². The summed E-state index contributed by atoms with van der Waals surface area (Å²) in [6, 6.07) is 7.85. The molecule has 0 saturated heterocycles. The quantitative estimate of drug-likeness (QED) is 0.487. The van der Waals surface area contributed by atoms with Crippen LogP contribution in [0.15, 0.2) is 55.0 Å². The van der Waals surface area contributed by atoms with Crippen molar-refractivity contribution in [1.29, 1.82) is 0 Å². The third-order valence-electron chi connectivity index (χ3n) is 4.15. The summed E-state index contributed by atoms with van der Waals surface area (Å²) in [6.45, 7) is 3.37. The number of nitro groups is 1. The second-order valence-electron chi connectivity index (χ2n) is 6.24. The van der Waals surface area contributed by atoms with E-state index in [0.717, 1.165) is 11.9 Å². The van der Waals surface area contributed by atoms with Gasteiger partial charge in [-0.1, -0.05) is 6.07 Å². The van der Waals surface area contributed by atoms with Crippen molar-refractivity contribution in [2.75, 3.05) is 5.32 Å². The van der Waals surface area contributed by atoms with E-state index in [-0.39, 0.29) is 11.3 Å². The summed E-state index contributed by atoms with van der Waals surface area (Å²) in [7, 11) is 0. The van der Waals surface area contributed by atoms with Gasteiger partial charge in [0.05, 0.1) is 16.8 Å². The van der Waals surface area contributed by atoms with Gasteiger partial charge in [0, 0.05) is 30.1 Å². The number of rotatable bonds is 6. The van der Waals surface area contributed by atoms with Gasteiger partial charge in [-0.2, -0.15) is 0 Å². The number of nitrogens with one attached hydrogen (secondary N) is 2. The Labute approximate surface area is 165 Å². The van der Waals surface area contributed by atoms with Gasteiger partial charge in [-0.05, 0) is 32.0 Å². The van der Waals surface area contributed by atoms with Crippen molar-refractivity contribution in [2.24, 2.45) is 0 Å². The minimum Gasteiger partial charge on any atom is -0.341 e. The molecule has 1 aromatic carbocycles. The van der Waals surface area contributed by atoms with Crippen LogP contribution in [0.3, 0.4) is 0 Å². The predicted octanol–water partition coefficient (Wildman–Crippen LogP) is 2.24. The van der Waals surface area contributed by atoms with Crippen LogP contribution < -0.4 is 10.6 Å². The summed E-state index contributed by atoms with van der Waals surface area (Å²) in [4.78, 5) is 43.3. The Morgan fingerprint density at radius 3 is 2.62 bits per heavy atom. The Kier molecular flexibility index (Phi) is 5.63. The van der Waals surface area contributed by atoms with E-state index in [2.05, 4.69) is 20.6 Å². The van der Waals surface area contributed by atoms with Crippen LogP contribution in [-0.4, -0.2) is 37.3 Å². The van der Waals surface area contributed by atoms with Crippen molar-refractivity contribution >= 4 is 23.2 Å². The van der Waals surface area contributed by atoms with Crippen LogP contribution in [0.5, 0.6) is 0 Å². The van der Waals surface area contributed by atoms with Gasteiger partial charge in [-0.3, -0.25) is 24.3 Å². The summed E-state index contributed by atoms with van der Waals surface area (Å²) in [5, 5.41) is 16.0. The van der Waals surface area contributed by atoms with Crippen molar-refractivity contribution in [3.8, 4) is 5.82 Å². The molecule has 0 bridgehead atoms. The van der Waals surface area contributed by atoms with Gasteiger partial charge in [-0.25, -0.2) is 9.97 Å². The van der Waals surface area contributed by atoms with Crippen molar-refractivity contribution < 1.29 is 14.5 Å². The number of non-ortho nitro benzene ring substituents is 1. The summed E-state index contributed by atoms with van der Waals surface area (Å²) < 4.78 is 1.80. The number of nitrogens with zero attached hydrogens (tertiary/aromatic N) is 4. The lowest BCUT2D eigenvalue weighted by Crippen LogP contribution is -2.41. The van der Waals surface area contributed by atoms with Gasteiger partial charge in [0.1, 0.15) is 17.7 Å². The molecule has 0 aliphatic carbocycles. The van der Waals surface area contributed by atoms with Crippen LogP contribution in [0.2, 0.25) is 0 Å². The molecule has 0 radical (unpaired) electrons. The largest absolute Gasteiger partial charge is 0.341 e. The van der Waals surface area contributed by atoms with Crippen molar-refractivity contribution in [3.05, 3.63) is 76.5 Å². The first-order chi connectivity index (χ1) is 13.8. The molecule has 0 fully saturated rings. The maximum absolute atomic E-state index is 12.3. The van der Waals surface area contributed by atoms with Gasteiger partial charge in [0.15, 0.2) is 0 Å². The molecule has 0 spiro atoms. The average molecular weight is 394 g/mol. The molecule has 10 heteroatoms. The number of imidazole rings is 1. The van der Waals surface area contributed by atoms with Gasteiger partial charge < -0.3 is 10.6 Å². The zero-order valence-corrected chi connectivity index (χ0v) is 15.7. The maximum Gasteiger partial charge on any atom is 0.270 e. The van der Waals surface area contributed by atoms with Crippen LogP contribution in [-0.2, 0) is 4.79 Å². The molecule has 2 aromatic heterocycles. The van der Waals surface area contributed by atoms with Gasteiger partial charge >= 0.3 is 0 Å². The molecule has 0 aliphatic heterocycles. The molecule has 2 N–H and O–H groups in total. The number of benzene rings is 1. The number of pyridine rings is 1. The van der Waals surface area contributed by atoms with Gasteiger partial charge in [0.25, 0.3) is 11.6 Å². The number of hydrogen-bond donors (Lipinski definition) is 2. The van der Waals surface area contributed by atoms with E-state index in [4.69, 9.17) is 0 Å². The fraction of sp³-hybridized carbons (Fsp3) is 0.158. The topological polar surface area (TPSA) is 132 Å². The molecular weight excluding hydrogens is 376 g/mol. The van der Waals surface area contributed by atoms with Crippen LogP contribution in [0.1, 0.15) is 23.1 Å². The van der Waals surface area contributed by atoms with Crippen LogP contribution in [0.25, 0.3) is 5.82 Å². The molecular formula is C19H18N6O4. The highest BCUT2D eigenvalue weighted by atomic mass is 16.6. The third-order valence-corrected chi connectivity index (χ3v) is 4.15. The summed E-state index contributed by atoms with van der Waals surface area (Å²) in [6.07, 6.45) is 4.95. The summed E-state index contributed by atoms with van der Waals surface area (Å²) in [5.41, 5.74) is 0.364. The predicted molar refractivity (Wildman–Crippen MR) is 105 cm³/mol. The standard InChI is InChI=1S/C19H18N6O4/c1-12(22-19(27)14-4-3-5-16(10-14)25(28)29)18(26)23-15-6-7-17(21-11-15)24-9-8-20-13(24)2/h3-12H,1-2H3,(H,22,27)(H,23,26). The first kappa shape index (κ1) is 19.7. The average Bonchev–Trinajstić information content (AvgIpc) is 3.14. The first-order valence-corrected chi connectivity index (χ1v) is 8.67. The number of anilines is 1. The van der Waals surface area contributed by atoms with Crippen LogP contribution >= 0.6 is 0 Å². The van der Waals surface area contributed by atoms with E-state index in [0.29, 0.717) is 11.5 Å². The Morgan fingerprint density at radius 2 is 2.00 bits per heavy atom. The summed E-state index contributed by atoms with van der Waals surface area (Å²) >= 11 is 0. The second kappa shape index (κ2) is 8.30. The van der Waals surface area contributed by atoms with E-state index < -0.39 is 22.8 Å². The molecule has 2 heterocycles. The highest BCUT2D eigenvalue weighted by Gasteiger charge is 2.18. The third kappa shape index (κ3) is 4.61. The molecule has 0 saturated carbocycles. The number of amides is 2.